The molecule has 0 radical (unpaired) electrons. The van der Waals surface area contributed by atoms with E-state index in [1.54, 1.807) is 6.07 Å². The van der Waals surface area contributed by atoms with Gasteiger partial charge in [-0.05, 0) is 56.5 Å². The van der Waals surface area contributed by atoms with Crippen molar-refractivity contribution in [1.29, 1.82) is 0 Å². The van der Waals surface area contributed by atoms with Crippen LogP contribution in [0.5, 0.6) is 5.75 Å². The van der Waals surface area contributed by atoms with Crippen molar-refractivity contribution in [3.8, 4) is 5.75 Å². The molecule has 1 fully saturated rings. The molecule has 0 bridgehead atoms. The van der Waals surface area contributed by atoms with Crippen LogP contribution in [0.3, 0.4) is 0 Å². The number of unbranched alkanes of at least 4 members (excludes halogenated alkanes) is 1. The van der Waals surface area contributed by atoms with Crippen LogP contribution in [-0.2, 0) is 11.2 Å². The van der Waals surface area contributed by atoms with Crippen LogP contribution in [0.4, 0.5) is 4.39 Å². The van der Waals surface area contributed by atoms with Crippen LogP contribution in [0.2, 0.25) is 0 Å². The summed E-state index contributed by atoms with van der Waals surface area (Å²) in [5, 5.41) is 3.07. The summed E-state index contributed by atoms with van der Waals surface area (Å²) >= 11 is 0. The summed E-state index contributed by atoms with van der Waals surface area (Å²) in [5.74, 6) is -0.107. The van der Waals surface area contributed by atoms with Crippen molar-refractivity contribution in [2.75, 3.05) is 26.7 Å². The van der Waals surface area contributed by atoms with E-state index in [1.165, 1.54) is 38.9 Å². The molecule has 140 valence electrons. The van der Waals surface area contributed by atoms with Gasteiger partial charge in [-0.25, -0.2) is 4.39 Å². The summed E-state index contributed by atoms with van der Waals surface area (Å²) < 4.78 is 18.6. The van der Waals surface area contributed by atoms with Crippen molar-refractivity contribution < 1.29 is 13.9 Å². The fourth-order valence-corrected chi connectivity index (χ4v) is 3.39. The molecule has 5 heteroatoms. The van der Waals surface area contributed by atoms with Crippen LogP contribution in [0.15, 0.2) is 18.2 Å². The molecule has 0 saturated carbocycles. The first-order valence-electron chi connectivity index (χ1n) is 9.47. The lowest BCUT2D eigenvalue weighted by molar-refractivity contribution is -0.121. The summed E-state index contributed by atoms with van der Waals surface area (Å²) in [7, 11) is 1.45. The topological polar surface area (TPSA) is 41.6 Å². The maximum absolute atomic E-state index is 13.7. The number of nitrogens with one attached hydrogen (secondary N) is 1. The number of piperidine rings is 1. The van der Waals surface area contributed by atoms with Crippen molar-refractivity contribution in [2.24, 2.45) is 0 Å². The number of likely N-dealkylation sites (tertiary alicyclic amines) is 1. The second kappa shape index (κ2) is 10.4. The van der Waals surface area contributed by atoms with Crippen LogP contribution < -0.4 is 10.1 Å². The number of amides is 1. The minimum absolute atomic E-state index is 0.0391. The number of aryl methyl sites for hydroxylation is 1. The first-order valence-corrected chi connectivity index (χ1v) is 9.47. The van der Waals surface area contributed by atoms with Gasteiger partial charge in [-0.15, -0.1) is 0 Å². The number of methoxy groups -OCH3 is 1. The van der Waals surface area contributed by atoms with E-state index in [0.717, 1.165) is 31.6 Å². The number of hydrogen-bond acceptors (Lipinski definition) is 3. The Morgan fingerprint density at radius 2 is 2.24 bits per heavy atom. The van der Waals surface area contributed by atoms with Crippen molar-refractivity contribution in [1.82, 2.24) is 10.2 Å². The average Bonchev–Trinajstić information content (AvgIpc) is 2.63. The number of carbonyl (C=O) groups is 1. The number of rotatable bonds is 9. The molecule has 1 aromatic rings. The summed E-state index contributed by atoms with van der Waals surface area (Å²) in [6.45, 7) is 5.20. The molecule has 1 unspecified atom stereocenters. The molecule has 1 N–H and O–H groups in total. The molecule has 0 spiro atoms. The van der Waals surface area contributed by atoms with Crippen LogP contribution in [-0.4, -0.2) is 43.6 Å². The van der Waals surface area contributed by atoms with Crippen molar-refractivity contribution in [2.45, 2.75) is 57.9 Å². The zero-order valence-corrected chi connectivity index (χ0v) is 15.5. The van der Waals surface area contributed by atoms with Gasteiger partial charge in [-0.2, -0.15) is 0 Å². The molecule has 25 heavy (non-hydrogen) atoms. The van der Waals surface area contributed by atoms with E-state index in [9.17, 15) is 9.18 Å². The third kappa shape index (κ3) is 6.31. The fourth-order valence-electron chi connectivity index (χ4n) is 3.39. The molecule has 0 aromatic heterocycles. The molecular weight excluding hydrogens is 319 g/mol. The van der Waals surface area contributed by atoms with E-state index in [-0.39, 0.29) is 17.5 Å². The smallest absolute Gasteiger partial charge is 0.220 e. The maximum atomic E-state index is 13.7. The van der Waals surface area contributed by atoms with Gasteiger partial charge in [0.25, 0.3) is 0 Å². The van der Waals surface area contributed by atoms with Gasteiger partial charge in [0, 0.05) is 19.0 Å². The van der Waals surface area contributed by atoms with Crippen LogP contribution in [0.25, 0.3) is 0 Å². The Morgan fingerprint density at radius 1 is 1.40 bits per heavy atom. The van der Waals surface area contributed by atoms with Crippen molar-refractivity contribution >= 4 is 5.91 Å². The SMILES string of the molecule is CCCCN1CCCCC1CNC(=O)CCc1ccc(OC)c(F)c1. The highest BCUT2D eigenvalue weighted by atomic mass is 19.1. The lowest BCUT2D eigenvalue weighted by atomic mass is 10.0. The highest BCUT2D eigenvalue weighted by Crippen LogP contribution is 2.19. The summed E-state index contributed by atoms with van der Waals surface area (Å²) in [6, 6.07) is 5.32. The van der Waals surface area contributed by atoms with Gasteiger partial charge < -0.3 is 10.1 Å². The van der Waals surface area contributed by atoms with Gasteiger partial charge in [0.05, 0.1) is 7.11 Å². The molecule has 1 aliphatic heterocycles. The summed E-state index contributed by atoms with van der Waals surface area (Å²) in [6.07, 6.45) is 7.01. The fraction of sp³-hybridized carbons (Fsp3) is 0.650. The standard InChI is InChI=1S/C20H31FN2O2/c1-3-4-12-23-13-6-5-7-17(23)15-22-20(24)11-9-16-8-10-19(25-2)18(21)14-16/h8,10,14,17H,3-7,9,11-13,15H2,1-2H3,(H,22,24). The molecule has 1 aromatic carbocycles. The van der Waals surface area contributed by atoms with Gasteiger partial charge in [0.15, 0.2) is 11.6 Å². The highest BCUT2D eigenvalue weighted by Gasteiger charge is 2.22. The lowest BCUT2D eigenvalue weighted by Crippen LogP contribution is -2.47. The second-order valence-corrected chi connectivity index (χ2v) is 6.81. The Labute approximate surface area is 150 Å². The molecule has 1 amide bonds. The number of hydrogen-bond donors (Lipinski definition) is 1. The third-order valence-electron chi connectivity index (χ3n) is 4.94. The van der Waals surface area contributed by atoms with E-state index >= 15 is 0 Å². The molecular formula is C20H31FN2O2. The Kier molecular flexibility index (Phi) is 8.19. The minimum atomic E-state index is -0.380. The summed E-state index contributed by atoms with van der Waals surface area (Å²) in [4.78, 5) is 14.7. The lowest BCUT2D eigenvalue weighted by Gasteiger charge is -2.35. The van der Waals surface area contributed by atoms with E-state index < -0.39 is 0 Å². The van der Waals surface area contributed by atoms with E-state index in [2.05, 4.69) is 17.1 Å². The Morgan fingerprint density at radius 3 is 2.96 bits per heavy atom. The monoisotopic (exact) mass is 350 g/mol. The molecule has 1 atom stereocenters. The van der Waals surface area contributed by atoms with Crippen LogP contribution in [0.1, 0.15) is 51.0 Å². The average molecular weight is 350 g/mol. The first-order chi connectivity index (χ1) is 12.1. The largest absolute Gasteiger partial charge is 0.494 e. The number of ether oxygens (including phenoxy) is 1. The predicted octanol–water partition coefficient (Wildman–Crippen LogP) is 3.54. The highest BCUT2D eigenvalue weighted by molar-refractivity contribution is 5.76. The Hall–Kier alpha value is -1.62. The number of nitrogens with zero attached hydrogens (tertiary/aromatic N) is 1. The molecule has 1 saturated heterocycles. The van der Waals surface area contributed by atoms with E-state index in [0.29, 0.717) is 18.9 Å². The Bertz CT molecular complexity index is 550. The molecule has 1 aliphatic rings. The number of halogens is 1. The zero-order valence-electron chi connectivity index (χ0n) is 15.5. The van der Waals surface area contributed by atoms with Gasteiger partial charge in [-0.3, -0.25) is 9.69 Å². The van der Waals surface area contributed by atoms with Crippen LogP contribution >= 0.6 is 0 Å². The normalized spacial score (nSPS) is 18.1. The molecule has 1 heterocycles. The first kappa shape index (κ1) is 19.7. The van der Waals surface area contributed by atoms with Gasteiger partial charge >= 0.3 is 0 Å². The predicted molar refractivity (Wildman–Crippen MR) is 98.4 cm³/mol. The maximum Gasteiger partial charge on any atom is 0.220 e. The summed E-state index contributed by atoms with van der Waals surface area (Å²) in [5.41, 5.74) is 0.815. The van der Waals surface area contributed by atoms with Gasteiger partial charge in [0.2, 0.25) is 5.91 Å². The zero-order chi connectivity index (χ0) is 18.1. The molecule has 4 nitrogen and oxygen atoms in total. The molecule has 2 rings (SSSR count). The van der Waals surface area contributed by atoms with E-state index in [4.69, 9.17) is 4.74 Å². The minimum Gasteiger partial charge on any atom is -0.494 e. The van der Waals surface area contributed by atoms with Crippen molar-refractivity contribution in [3.05, 3.63) is 29.6 Å². The second-order valence-electron chi connectivity index (χ2n) is 6.81. The van der Waals surface area contributed by atoms with E-state index in [1.807, 2.05) is 6.07 Å². The van der Waals surface area contributed by atoms with Crippen LogP contribution in [0, 0.1) is 5.82 Å². The molecule has 0 aliphatic carbocycles. The van der Waals surface area contributed by atoms with Gasteiger partial charge in [-0.1, -0.05) is 25.8 Å². The quantitative estimate of drug-likeness (QED) is 0.741. The Balaban J connectivity index is 1.75. The van der Waals surface area contributed by atoms with Crippen molar-refractivity contribution in [3.63, 3.8) is 0 Å². The number of benzene rings is 1. The number of carbonyl (C=O) groups excluding carboxylic acids is 1. The van der Waals surface area contributed by atoms with Gasteiger partial charge in [0.1, 0.15) is 0 Å². The third-order valence-corrected chi connectivity index (χ3v) is 4.94.